The number of hydrogen-bond donors (Lipinski definition) is 3. The maximum absolute atomic E-state index is 14.1. The van der Waals surface area contributed by atoms with Crippen molar-refractivity contribution in [3.63, 3.8) is 0 Å². The predicted octanol–water partition coefficient (Wildman–Crippen LogP) is 3.29. The first kappa shape index (κ1) is 17.3. The maximum Gasteiger partial charge on any atom is 0.338 e. The lowest BCUT2D eigenvalue weighted by Crippen LogP contribution is -2.13. The highest BCUT2D eigenvalue weighted by Gasteiger charge is 2.19. The normalized spacial score (nSPS) is 10.7. The van der Waals surface area contributed by atoms with E-state index in [9.17, 15) is 19.1 Å². The fraction of sp³-hybridized carbons (Fsp3) is 0.111. The van der Waals surface area contributed by atoms with Crippen LogP contribution in [0.4, 0.5) is 10.1 Å². The Morgan fingerprint density at radius 1 is 1.31 bits per heavy atom. The van der Waals surface area contributed by atoms with E-state index in [4.69, 9.17) is 0 Å². The van der Waals surface area contributed by atoms with Gasteiger partial charge in [-0.15, -0.1) is 0 Å². The Hall–Kier alpha value is -3.55. The van der Waals surface area contributed by atoms with E-state index < -0.39 is 17.7 Å². The molecule has 0 unspecified atom stereocenters. The first-order valence-electron chi connectivity index (χ1n) is 7.63. The minimum atomic E-state index is -1.14. The topological polar surface area (TPSA) is 108 Å². The third-order valence-electron chi connectivity index (χ3n) is 3.75. The Labute approximate surface area is 147 Å². The van der Waals surface area contributed by atoms with Gasteiger partial charge in [-0.25, -0.2) is 19.2 Å². The van der Waals surface area contributed by atoms with E-state index in [0.717, 1.165) is 0 Å². The number of carboxylic acids is 1. The van der Waals surface area contributed by atoms with Gasteiger partial charge in [0.1, 0.15) is 17.3 Å². The number of carbonyl (C=O) groups is 2. The molecule has 0 radical (unpaired) electrons. The predicted molar refractivity (Wildman–Crippen MR) is 94.4 cm³/mol. The van der Waals surface area contributed by atoms with Crippen LogP contribution < -0.4 is 5.32 Å². The quantitative estimate of drug-likeness (QED) is 0.623. The zero-order valence-electron chi connectivity index (χ0n) is 14.1. The lowest BCUT2D eigenvalue weighted by Gasteiger charge is -2.10. The molecule has 7 nitrogen and oxygen atoms in total. The van der Waals surface area contributed by atoms with Gasteiger partial charge in [0.05, 0.1) is 22.3 Å². The Morgan fingerprint density at radius 2 is 2.04 bits per heavy atom. The molecule has 3 rings (SSSR count). The Bertz CT molecular complexity index is 1070. The van der Waals surface area contributed by atoms with Crippen molar-refractivity contribution < 1.29 is 19.1 Å². The van der Waals surface area contributed by atoms with E-state index in [1.165, 1.54) is 31.3 Å². The number of H-pyrrole nitrogens is 1. The van der Waals surface area contributed by atoms with Gasteiger partial charge in [-0.2, -0.15) is 0 Å². The molecule has 2 heterocycles. The van der Waals surface area contributed by atoms with Crippen LogP contribution in [0.2, 0.25) is 0 Å². The van der Waals surface area contributed by atoms with Crippen LogP contribution in [-0.4, -0.2) is 31.9 Å². The summed E-state index contributed by atoms with van der Waals surface area (Å²) in [7, 11) is 0. The van der Waals surface area contributed by atoms with Gasteiger partial charge in [0.2, 0.25) is 0 Å². The summed E-state index contributed by atoms with van der Waals surface area (Å²) in [6.45, 7) is 6.69. The lowest BCUT2D eigenvalue weighted by molar-refractivity contribution is -0.112. The largest absolute Gasteiger partial charge is 0.478 e. The van der Waals surface area contributed by atoms with Crippen LogP contribution in [-0.2, 0) is 4.79 Å². The number of aromatic amines is 1. The highest BCUT2D eigenvalue weighted by Crippen LogP contribution is 2.31. The van der Waals surface area contributed by atoms with Gasteiger partial charge >= 0.3 is 5.97 Å². The van der Waals surface area contributed by atoms with Crippen LogP contribution in [0.25, 0.3) is 22.3 Å². The van der Waals surface area contributed by atoms with Crippen molar-refractivity contribution in [3.8, 4) is 11.3 Å². The summed E-state index contributed by atoms with van der Waals surface area (Å²) < 4.78 is 14.1. The average Bonchev–Trinajstić information content (AvgIpc) is 2.99. The van der Waals surface area contributed by atoms with Crippen molar-refractivity contribution in [2.24, 2.45) is 0 Å². The van der Waals surface area contributed by atoms with E-state index in [1.54, 1.807) is 6.92 Å². The zero-order valence-corrected chi connectivity index (χ0v) is 14.1. The molecule has 0 aliphatic heterocycles. The second-order valence-electron chi connectivity index (χ2n) is 5.78. The fourth-order valence-corrected chi connectivity index (χ4v) is 2.52. The van der Waals surface area contributed by atoms with E-state index in [1.807, 2.05) is 0 Å². The second-order valence-corrected chi connectivity index (χ2v) is 5.78. The van der Waals surface area contributed by atoms with Crippen LogP contribution in [0.15, 0.2) is 36.5 Å². The highest BCUT2D eigenvalue weighted by molar-refractivity contribution is 6.08. The number of nitrogens with zero attached hydrogens (tertiary/aromatic N) is 2. The van der Waals surface area contributed by atoms with Gasteiger partial charge in [-0.1, -0.05) is 6.58 Å². The van der Waals surface area contributed by atoms with E-state index >= 15 is 0 Å². The molecule has 0 atom stereocenters. The number of fused-ring (bicyclic) bond motifs is 1. The van der Waals surface area contributed by atoms with Gasteiger partial charge in [-0.3, -0.25) is 4.79 Å². The van der Waals surface area contributed by atoms with Gasteiger partial charge in [0.15, 0.2) is 0 Å². The summed E-state index contributed by atoms with van der Waals surface area (Å²) in [6, 6.07) is 4.04. The number of carbonyl (C=O) groups excluding carboxylic acids is 1. The lowest BCUT2D eigenvalue weighted by atomic mass is 10.0. The summed E-state index contributed by atoms with van der Waals surface area (Å²) >= 11 is 0. The van der Waals surface area contributed by atoms with Crippen molar-refractivity contribution >= 4 is 28.6 Å². The number of aromatic nitrogens is 3. The molecule has 26 heavy (non-hydrogen) atoms. The Morgan fingerprint density at radius 3 is 2.69 bits per heavy atom. The monoisotopic (exact) mass is 354 g/mol. The molecule has 0 fully saturated rings. The molecule has 0 aliphatic rings. The van der Waals surface area contributed by atoms with Crippen molar-refractivity contribution in [1.82, 2.24) is 15.0 Å². The number of nitrogens with one attached hydrogen (secondary N) is 2. The minimum Gasteiger partial charge on any atom is -0.478 e. The number of carboxylic acid groups (broad SMARTS) is 1. The number of anilines is 1. The maximum atomic E-state index is 14.1. The molecule has 0 bridgehead atoms. The molecule has 8 heteroatoms. The number of benzene rings is 1. The van der Waals surface area contributed by atoms with Crippen molar-refractivity contribution in [3.05, 3.63) is 53.8 Å². The van der Waals surface area contributed by atoms with Gasteiger partial charge < -0.3 is 15.4 Å². The molecule has 3 N–H and O–H groups in total. The van der Waals surface area contributed by atoms with Crippen molar-refractivity contribution in [2.45, 2.75) is 13.8 Å². The first-order chi connectivity index (χ1) is 12.3. The molecule has 0 spiro atoms. The van der Waals surface area contributed by atoms with Crippen LogP contribution in [0.5, 0.6) is 0 Å². The van der Waals surface area contributed by atoms with Crippen LogP contribution in [0.1, 0.15) is 23.1 Å². The number of halogens is 1. The molecule has 2 aromatic heterocycles. The molecule has 3 aromatic rings. The fourth-order valence-electron chi connectivity index (χ4n) is 2.52. The summed E-state index contributed by atoms with van der Waals surface area (Å²) in [5.74, 6) is -1.86. The summed E-state index contributed by atoms with van der Waals surface area (Å²) in [6.07, 6.45) is 1.33. The van der Waals surface area contributed by atoms with E-state index in [0.29, 0.717) is 28.1 Å². The van der Waals surface area contributed by atoms with Gasteiger partial charge in [-0.05, 0) is 32.0 Å². The van der Waals surface area contributed by atoms with Gasteiger partial charge in [0.25, 0.3) is 5.91 Å². The van der Waals surface area contributed by atoms with E-state index in [2.05, 4.69) is 26.8 Å². The smallest absolute Gasteiger partial charge is 0.338 e. The van der Waals surface area contributed by atoms with Crippen LogP contribution in [0, 0.1) is 12.7 Å². The van der Waals surface area contributed by atoms with Crippen molar-refractivity contribution in [2.75, 3.05) is 5.32 Å². The molecular weight excluding hydrogens is 339 g/mol. The molecular formula is C18H15FN4O3. The SMILES string of the molecule is C=C(C)C(=O)Nc1cc(-c2nc(C)nc3[nH]cc(C(=O)O)c23)ccc1F. The van der Waals surface area contributed by atoms with Gasteiger partial charge in [0, 0.05) is 17.3 Å². The first-order valence-corrected chi connectivity index (χ1v) is 7.63. The van der Waals surface area contributed by atoms with Crippen LogP contribution >= 0.6 is 0 Å². The second kappa shape index (κ2) is 6.40. The standard InChI is InChI=1S/C18H15FN4O3/c1-8(2)17(24)23-13-6-10(4-5-12(13)19)15-14-11(18(25)26)7-20-16(14)22-9(3)21-15/h4-7H,1H2,2-3H3,(H,23,24)(H,25,26)(H,20,21,22). The van der Waals surface area contributed by atoms with Crippen molar-refractivity contribution in [1.29, 1.82) is 0 Å². The third kappa shape index (κ3) is 3.04. The Balaban J connectivity index is 2.20. The third-order valence-corrected chi connectivity index (χ3v) is 3.75. The number of aromatic carboxylic acids is 1. The number of amides is 1. The summed E-state index contributed by atoms with van der Waals surface area (Å²) in [5.41, 5.74) is 1.33. The number of hydrogen-bond acceptors (Lipinski definition) is 4. The number of aryl methyl sites for hydroxylation is 1. The molecule has 132 valence electrons. The number of rotatable bonds is 4. The molecule has 1 aromatic carbocycles. The average molecular weight is 354 g/mol. The molecule has 0 saturated heterocycles. The Kier molecular flexibility index (Phi) is 4.25. The van der Waals surface area contributed by atoms with E-state index in [-0.39, 0.29) is 16.8 Å². The molecule has 1 amide bonds. The van der Waals surface area contributed by atoms with Crippen LogP contribution in [0.3, 0.4) is 0 Å². The molecule has 0 saturated carbocycles. The summed E-state index contributed by atoms with van der Waals surface area (Å²) in [4.78, 5) is 34.6. The zero-order chi connectivity index (χ0) is 19.0. The molecule has 0 aliphatic carbocycles. The minimum absolute atomic E-state index is 0.00634. The highest BCUT2D eigenvalue weighted by atomic mass is 19.1. The summed E-state index contributed by atoms with van der Waals surface area (Å²) in [5, 5.41) is 12.1.